The highest BCUT2D eigenvalue weighted by Crippen LogP contribution is 2.71. The van der Waals surface area contributed by atoms with Crippen LogP contribution in [0.15, 0.2) is 97.1 Å². The van der Waals surface area contributed by atoms with Crippen LogP contribution in [-0.2, 0) is 55.4 Å². The predicted octanol–water partition coefficient (Wildman–Crippen LogP) is 12.1. The minimum atomic E-state index is -1.71. The molecule has 10 rings (SSSR count). The van der Waals surface area contributed by atoms with Gasteiger partial charge in [0.25, 0.3) is 8.53 Å². The zero-order chi connectivity index (χ0) is 39.7. The second-order valence-electron chi connectivity index (χ2n) is 18.5. The van der Waals surface area contributed by atoms with Crippen LogP contribution in [0.5, 0.6) is 0 Å². The molecule has 3 heterocycles. The number of nitrogens with zero attached hydrogens (tertiary/aromatic N) is 1. The molecule has 4 aromatic carbocycles. The number of piperidine rings is 1. The SMILES string of the molecule is CCc1ccccc1C1(c2ccccc2CC)OP(N2CCC[C@@H]3[C@H]2C[C@@H]2C[C@H]3C2(C)C)OC(c2ccccc2CC)(c2ccccc2CC)[C@@H]2OC(C)(C)O[C@H]21. The van der Waals surface area contributed by atoms with Crippen molar-refractivity contribution in [3.63, 3.8) is 0 Å². The monoisotopic (exact) mass is 785 g/mol. The van der Waals surface area contributed by atoms with Crippen LogP contribution in [0.2, 0.25) is 0 Å². The summed E-state index contributed by atoms with van der Waals surface area (Å²) in [6, 6.07) is 36.3. The lowest BCUT2D eigenvalue weighted by Gasteiger charge is -2.65. The third-order valence-corrected chi connectivity index (χ3v) is 16.9. The van der Waals surface area contributed by atoms with E-state index in [1.165, 1.54) is 41.5 Å². The van der Waals surface area contributed by atoms with Crippen LogP contribution in [0.1, 0.15) is 126 Å². The Labute approximate surface area is 343 Å². The molecular formula is C51H64NO4P. The van der Waals surface area contributed by atoms with Crippen molar-refractivity contribution in [2.75, 3.05) is 6.54 Å². The quantitative estimate of drug-likeness (QED) is 0.158. The highest BCUT2D eigenvalue weighted by Gasteiger charge is 2.69. The fourth-order valence-corrected chi connectivity index (χ4v) is 14.4. The Bertz CT molecular complexity index is 1880. The summed E-state index contributed by atoms with van der Waals surface area (Å²) >= 11 is 0. The van der Waals surface area contributed by atoms with Gasteiger partial charge in [-0.15, -0.1) is 0 Å². The molecule has 6 heteroatoms. The zero-order valence-corrected chi connectivity index (χ0v) is 36.5. The molecule has 4 aromatic rings. The average molecular weight is 786 g/mol. The predicted molar refractivity (Wildman–Crippen MR) is 231 cm³/mol. The Morgan fingerprint density at radius 2 is 0.982 bits per heavy atom. The van der Waals surface area contributed by atoms with Crippen LogP contribution in [0.3, 0.4) is 0 Å². The van der Waals surface area contributed by atoms with Gasteiger partial charge in [-0.3, -0.25) is 0 Å². The number of benzene rings is 4. The first kappa shape index (κ1) is 39.6. The fourth-order valence-electron chi connectivity index (χ4n) is 12.2. The van der Waals surface area contributed by atoms with Gasteiger partial charge in [0.05, 0.1) is 0 Å². The van der Waals surface area contributed by atoms with E-state index in [4.69, 9.17) is 18.5 Å². The van der Waals surface area contributed by atoms with Crippen LogP contribution < -0.4 is 0 Å². The molecule has 0 aromatic heterocycles. The second-order valence-corrected chi connectivity index (χ2v) is 19.9. The van der Waals surface area contributed by atoms with Crippen molar-refractivity contribution < 1.29 is 18.5 Å². The second kappa shape index (κ2) is 15.0. The maximum absolute atomic E-state index is 8.36. The Hall–Kier alpha value is -2.89. The van der Waals surface area contributed by atoms with Gasteiger partial charge in [0, 0.05) is 12.6 Å². The van der Waals surface area contributed by atoms with Crippen molar-refractivity contribution in [3.8, 4) is 0 Å². The highest BCUT2D eigenvalue weighted by atomic mass is 31.2. The third kappa shape index (κ3) is 6.08. The Morgan fingerprint density at radius 1 is 0.579 bits per heavy atom. The maximum atomic E-state index is 8.36. The van der Waals surface area contributed by atoms with Gasteiger partial charge in [0.1, 0.15) is 12.2 Å². The summed E-state index contributed by atoms with van der Waals surface area (Å²) in [5.74, 6) is 1.16. The summed E-state index contributed by atoms with van der Waals surface area (Å²) in [6.45, 7) is 19.3. The van der Waals surface area contributed by atoms with Crippen molar-refractivity contribution in [3.05, 3.63) is 142 Å². The van der Waals surface area contributed by atoms with Crippen LogP contribution in [0.4, 0.5) is 0 Å². The van der Waals surface area contributed by atoms with E-state index >= 15 is 0 Å². The summed E-state index contributed by atoms with van der Waals surface area (Å²) in [4.78, 5) is 0. The molecule has 6 atom stereocenters. The largest absolute Gasteiger partial charge is 0.341 e. The van der Waals surface area contributed by atoms with E-state index in [1.54, 1.807) is 0 Å². The summed E-state index contributed by atoms with van der Waals surface area (Å²) < 4.78 is 34.6. The number of hydrogen-bond acceptors (Lipinski definition) is 5. The Balaban J connectivity index is 1.40. The summed E-state index contributed by atoms with van der Waals surface area (Å²) in [5, 5.41) is 0. The van der Waals surface area contributed by atoms with Crippen molar-refractivity contribution in [1.29, 1.82) is 0 Å². The van der Waals surface area contributed by atoms with Crippen LogP contribution >= 0.6 is 8.53 Å². The molecule has 0 N–H and O–H groups in total. The van der Waals surface area contributed by atoms with Crippen LogP contribution in [0, 0.1) is 23.2 Å². The lowest BCUT2D eigenvalue weighted by Crippen LogP contribution is -2.62. The number of aryl methyl sites for hydroxylation is 4. The number of fused-ring (bicyclic) bond motifs is 1. The van der Waals surface area contributed by atoms with Crippen molar-refractivity contribution in [1.82, 2.24) is 4.67 Å². The lowest BCUT2D eigenvalue weighted by atomic mass is 9.43. The van der Waals surface area contributed by atoms with E-state index in [0.717, 1.165) is 72.7 Å². The van der Waals surface area contributed by atoms with E-state index < -0.39 is 37.7 Å². The van der Waals surface area contributed by atoms with Gasteiger partial charge >= 0.3 is 0 Å². The first-order valence-electron chi connectivity index (χ1n) is 22.2. The highest BCUT2D eigenvalue weighted by molar-refractivity contribution is 7.44. The molecule has 5 nitrogen and oxygen atoms in total. The van der Waals surface area contributed by atoms with Crippen molar-refractivity contribution in [2.45, 2.75) is 142 Å². The van der Waals surface area contributed by atoms with Gasteiger partial charge < -0.3 is 18.5 Å². The lowest BCUT2D eigenvalue weighted by molar-refractivity contribution is -0.178. The van der Waals surface area contributed by atoms with Crippen molar-refractivity contribution >= 4 is 8.53 Å². The maximum Gasteiger partial charge on any atom is 0.261 e. The molecule has 0 radical (unpaired) electrons. The zero-order valence-electron chi connectivity index (χ0n) is 35.6. The van der Waals surface area contributed by atoms with Crippen molar-refractivity contribution in [2.24, 2.45) is 23.2 Å². The third-order valence-electron chi connectivity index (χ3n) is 15.1. The van der Waals surface area contributed by atoms with Gasteiger partial charge in [0.15, 0.2) is 17.0 Å². The van der Waals surface area contributed by atoms with Gasteiger partial charge in [-0.05, 0) is 133 Å². The molecule has 57 heavy (non-hydrogen) atoms. The van der Waals surface area contributed by atoms with Crippen LogP contribution in [0.25, 0.3) is 0 Å². The van der Waals surface area contributed by atoms with E-state index in [0.29, 0.717) is 17.4 Å². The normalized spacial score (nSPS) is 29.8. The van der Waals surface area contributed by atoms with E-state index in [9.17, 15) is 0 Å². The fraction of sp³-hybridized carbons (Fsp3) is 0.529. The topological polar surface area (TPSA) is 40.2 Å². The number of hydrogen-bond donors (Lipinski definition) is 0. The number of rotatable bonds is 9. The van der Waals surface area contributed by atoms with Gasteiger partial charge in [-0.2, -0.15) is 0 Å². The molecule has 0 unspecified atom stereocenters. The molecule has 6 aliphatic rings. The molecular weight excluding hydrogens is 722 g/mol. The molecule has 0 amide bonds. The molecule has 6 fully saturated rings. The Morgan fingerprint density at radius 3 is 1.37 bits per heavy atom. The minimum absolute atomic E-state index is 0.390. The smallest absolute Gasteiger partial charge is 0.261 e. The van der Waals surface area contributed by atoms with Gasteiger partial charge in [-0.25, -0.2) is 4.67 Å². The summed E-state index contributed by atoms with van der Waals surface area (Å²) in [7, 11) is -1.71. The average Bonchev–Trinajstić information content (AvgIpc) is 3.53. The molecule has 3 saturated carbocycles. The van der Waals surface area contributed by atoms with E-state index in [-0.39, 0.29) is 0 Å². The first-order valence-corrected chi connectivity index (χ1v) is 23.3. The van der Waals surface area contributed by atoms with Gasteiger partial charge in [0.2, 0.25) is 0 Å². The summed E-state index contributed by atoms with van der Waals surface area (Å²) in [5.41, 5.74) is 7.98. The molecule has 3 aliphatic heterocycles. The molecule has 302 valence electrons. The first-order chi connectivity index (χ1) is 27.5. The molecule has 0 spiro atoms. The van der Waals surface area contributed by atoms with E-state index in [2.05, 4.69) is 157 Å². The Kier molecular flexibility index (Phi) is 10.4. The standard InChI is InChI=1S/C51H64NO4P/c1-9-34-22-13-17-27-40(34)50(41-28-18-14-23-35(41)10-2)46-47(54-49(7,8)53-46)51(42-29-19-15-24-36(42)11-3,43-30-20-16-25-37(43)12-4)56-57(55-50)52-31-21-26-39-44-32-38(33-45(39)52)48(44,5)6/h13-20,22-25,27-30,38-39,44-47H,9-12,21,26,31-33H2,1-8H3/t38-,39-,44+,45+,46+,47+/m0/s1. The van der Waals surface area contributed by atoms with Crippen LogP contribution in [-0.4, -0.2) is 35.3 Å². The molecule has 2 bridgehead atoms. The van der Waals surface area contributed by atoms with E-state index in [1.807, 2.05) is 0 Å². The summed E-state index contributed by atoms with van der Waals surface area (Å²) in [6.07, 6.45) is 7.32. The molecule has 3 aliphatic carbocycles. The van der Waals surface area contributed by atoms with Gasteiger partial charge in [-0.1, -0.05) is 139 Å². The molecule has 3 saturated heterocycles. The minimum Gasteiger partial charge on any atom is -0.341 e. The number of ether oxygens (including phenoxy) is 2.